The molecule has 2 nitrogen and oxygen atoms in total. The average Bonchev–Trinajstić information content (AvgIpc) is 3.05. The molecule has 1 saturated carbocycles. The highest BCUT2D eigenvalue weighted by atomic mass is 14.9. The zero-order valence-electron chi connectivity index (χ0n) is 10.4. The van der Waals surface area contributed by atoms with Crippen molar-refractivity contribution >= 4 is 0 Å². The van der Waals surface area contributed by atoms with Gasteiger partial charge in [0.25, 0.3) is 0 Å². The third-order valence-corrected chi connectivity index (χ3v) is 3.68. The summed E-state index contributed by atoms with van der Waals surface area (Å²) in [5.41, 5.74) is 1.88. The quantitative estimate of drug-likeness (QED) is 0.794. The molecule has 0 saturated heterocycles. The summed E-state index contributed by atoms with van der Waals surface area (Å²) in [6.45, 7) is 5.75. The van der Waals surface area contributed by atoms with E-state index < -0.39 is 0 Å². The van der Waals surface area contributed by atoms with Crippen LogP contribution < -0.4 is 5.32 Å². The molecule has 1 N–H and O–H groups in total. The van der Waals surface area contributed by atoms with Gasteiger partial charge in [-0.3, -0.25) is 4.98 Å². The third kappa shape index (κ3) is 2.82. The van der Waals surface area contributed by atoms with Crippen molar-refractivity contribution in [2.75, 3.05) is 6.54 Å². The van der Waals surface area contributed by atoms with Gasteiger partial charge in [0.1, 0.15) is 0 Å². The number of nitrogens with zero attached hydrogens (tertiary/aromatic N) is 1. The molecule has 0 radical (unpaired) electrons. The SMILES string of the molecule is CCCNC(Cc1cccnc1)C1(C)CC1. The molecule has 1 aromatic rings. The Morgan fingerprint density at radius 2 is 2.31 bits per heavy atom. The predicted octanol–water partition coefficient (Wildman–Crippen LogP) is 2.79. The highest BCUT2D eigenvalue weighted by Gasteiger charge is 2.44. The van der Waals surface area contributed by atoms with Gasteiger partial charge < -0.3 is 5.32 Å². The van der Waals surface area contributed by atoms with E-state index in [2.05, 4.69) is 30.2 Å². The highest BCUT2D eigenvalue weighted by Crippen LogP contribution is 2.48. The molecule has 16 heavy (non-hydrogen) atoms. The Morgan fingerprint density at radius 3 is 2.88 bits per heavy atom. The zero-order valence-corrected chi connectivity index (χ0v) is 10.4. The molecule has 0 bridgehead atoms. The van der Waals surface area contributed by atoms with Gasteiger partial charge >= 0.3 is 0 Å². The van der Waals surface area contributed by atoms with Gasteiger partial charge in [-0.25, -0.2) is 0 Å². The van der Waals surface area contributed by atoms with Crippen molar-refractivity contribution in [2.45, 2.75) is 45.6 Å². The Bertz CT molecular complexity index is 317. The lowest BCUT2D eigenvalue weighted by molar-refractivity contribution is 0.354. The van der Waals surface area contributed by atoms with Crippen LogP contribution >= 0.6 is 0 Å². The first-order valence-corrected chi connectivity index (χ1v) is 6.37. The van der Waals surface area contributed by atoms with Crippen molar-refractivity contribution in [3.8, 4) is 0 Å². The van der Waals surface area contributed by atoms with Gasteiger partial charge in [0, 0.05) is 18.4 Å². The van der Waals surface area contributed by atoms with E-state index in [9.17, 15) is 0 Å². The fraction of sp³-hybridized carbons (Fsp3) is 0.643. The fourth-order valence-corrected chi connectivity index (χ4v) is 2.18. The van der Waals surface area contributed by atoms with Crippen molar-refractivity contribution < 1.29 is 0 Å². The van der Waals surface area contributed by atoms with Crippen LogP contribution in [0.15, 0.2) is 24.5 Å². The van der Waals surface area contributed by atoms with Crippen LogP contribution in [-0.4, -0.2) is 17.6 Å². The first-order chi connectivity index (χ1) is 7.74. The molecule has 0 aliphatic heterocycles. The summed E-state index contributed by atoms with van der Waals surface area (Å²) in [5, 5.41) is 3.69. The lowest BCUT2D eigenvalue weighted by Gasteiger charge is -2.25. The molecule has 2 rings (SSSR count). The molecule has 1 heterocycles. The summed E-state index contributed by atoms with van der Waals surface area (Å²) < 4.78 is 0. The van der Waals surface area contributed by atoms with E-state index in [0.29, 0.717) is 11.5 Å². The van der Waals surface area contributed by atoms with Gasteiger partial charge in [-0.05, 0) is 49.3 Å². The molecule has 2 heteroatoms. The molecular weight excluding hydrogens is 196 g/mol. The van der Waals surface area contributed by atoms with Crippen LogP contribution in [0.1, 0.15) is 38.7 Å². The van der Waals surface area contributed by atoms with Gasteiger partial charge in [-0.1, -0.05) is 19.9 Å². The number of aromatic nitrogens is 1. The van der Waals surface area contributed by atoms with Gasteiger partial charge in [0.2, 0.25) is 0 Å². The Hall–Kier alpha value is -0.890. The predicted molar refractivity (Wildman–Crippen MR) is 67.4 cm³/mol. The third-order valence-electron chi connectivity index (χ3n) is 3.68. The van der Waals surface area contributed by atoms with Gasteiger partial charge in [0.05, 0.1) is 0 Å². The minimum atomic E-state index is 0.533. The van der Waals surface area contributed by atoms with Crippen LogP contribution in [-0.2, 0) is 6.42 Å². The summed E-state index contributed by atoms with van der Waals surface area (Å²) in [4.78, 5) is 4.19. The maximum atomic E-state index is 4.19. The second-order valence-corrected chi connectivity index (χ2v) is 5.23. The second-order valence-electron chi connectivity index (χ2n) is 5.23. The van der Waals surface area contributed by atoms with Crippen molar-refractivity contribution in [1.29, 1.82) is 0 Å². The summed E-state index contributed by atoms with van der Waals surface area (Å²) in [6, 6.07) is 4.83. The molecule has 1 aromatic heterocycles. The van der Waals surface area contributed by atoms with E-state index in [0.717, 1.165) is 13.0 Å². The highest BCUT2D eigenvalue weighted by molar-refractivity contribution is 5.13. The minimum absolute atomic E-state index is 0.533. The number of hydrogen-bond donors (Lipinski definition) is 1. The van der Waals surface area contributed by atoms with E-state index in [1.165, 1.54) is 24.8 Å². The minimum Gasteiger partial charge on any atom is -0.313 e. The number of nitrogens with one attached hydrogen (secondary N) is 1. The van der Waals surface area contributed by atoms with Gasteiger partial charge in [-0.2, -0.15) is 0 Å². The number of pyridine rings is 1. The summed E-state index contributed by atoms with van der Waals surface area (Å²) in [6.07, 6.45) is 8.90. The molecule has 0 aromatic carbocycles. The van der Waals surface area contributed by atoms with Crippen molar-refractivity contribution in [2.24, 2.45) is 5.41 Å². The molecule has 1 atom stereocenters. The lowest BCUT2D eigenvalue weighted by Crippen LogP contribution is -2.38. The van der Waals surface area contributed by atoms with E-state index in [-0.39, 0.29) is 0 Å². The zero-order chi connectivity index (χ0) is 11.4. The molecule has 1 aliphatic rings. The fourth-order valence-electron chi connectivity index (χ4n) is 2.18. The molecule has 88 valence electrons. The lowest BCUT2D eigenvalue weighted by atomic mass is 9.93. The van der Waals surface area contributed by atoms with Crippen LogP contribution in [0.5, 0.6) is 0 Å². The van der Waals surface area contributed by atoms with Crippen LogP contribution in [0.25, 0.3) is 0 Å². The summed E-state index contributed by atoms with van der Waals surface area (Å²) >= 11 is 0. The van der Waals surface area contributed by atoms with E-state index in [1.807, 2.05) is 18.5 Å². The summed E-state index contributed by atoms with van der Waals surface area (Å²) in [5.74, 6) is 0. The average molecular weight is 218 g/mol. The summed E-state index contributed by atoms with van der Waals surface area (Å²) in [7, 11) is 0. The molecule has 1 unspecified atom stereocenters. The molecule has 1 aliphatic carbocycles. The Morgan fingerprint density at radius 1 is 1.50 bits per heavy atom. The van der Waals surface area contributed by atoms with E-state index in [4.69, 9.17) is 0 Å². The molecule has 0 spiro atoms. The van der Waals surface area contributed by atoms with Crippen molar-refractivity contribution in [1.82, 2.24) is 10.3 Å². The topological polar surface area (TPSA) is 24.9 Å². The molecular formula is C14H22N2. The van der Waals surface area contributed by atoms with E-state index >= 15 is 0 Å². The van der Waals surface area contributed by atoms with Gasteiger partial charge in [0.15, 0.2) is 0 Å². The first kappa shape index (κ1) is 11.6. The van der Waals surface area contributed by atoms with Crippen LogP contribution in [0.4, 0.5) is 0 Å². The molecule has 1 fully saturated rings. The smallest absolute Gasteiger partial charge is 0.0300 e. The van der Waals surface area contributed by atoms with Gasteiger partial charge in [-0.15, -0.1) is 0 Å². The van der Waals surface area contributed by atoms with E-state index in [1.54, 1.807) is 0 Å². The Kier molecular flexibility index (Phi) is 3.59. The maximum Gasteiger partial charge on any atom is 0.0300 e. The normalized spacial score (nSPS) is 19.4. The largest absolute Gasteiger partial charge is 0.313 e. The Balaban J connectivity index is 1.97. The number of hydrogen-bond acceptors (Lipinski definition) is 2. The second kappa shape index (κ2) is 4.96. The number of rotatable bonds is 6. The molecule has 0 amide bonds. The Labute approximate surface area is 98.5 Å². The van der Waals surface area contributed by atoms with Crippen LogP contribution in [0.2, 0.25) is 0 Å². The first-order valence-electron chi connectivity index (χ1n) is 6.37. The maximum absolute atomic E-state index is 4.19. The van der Waals surface area contributed by atoms with Crippen LogP contribution in [0, 0.1) is 5.41 Å². The van der Waals surface area contributed by atoms with Crippen LogP contribution in [0.3, 0.4) is 0 Å². The van der Waals surface area contributed by atoms with Crippen molar-refractivity contribution in [3.63, 3.8) is 0 Å². The standard InChI is InChI=1S/C14H22N2/c1-3-8-16-13(14(2)6-7-14)10-12-5-4-9-15-11-12/h4-5,9,11,13,16H,3,6-8,10H2,1-2H3. The monoisotopic (exact) mass is 218 g/mol. The van der Waals surface area contributed by atoms with Crippen molar-refractivity contribution in [3.05, 3.63) is 30.1 Å².